The van der Waals surface area contributed by atoms with Crippen LogP contribution >= 0.6 is 11.8 Å². The van der Waals surface area contributed by atoms with Crippen LogP contribution in [0.1, 0.15) is 30.5 Å². The van der Waals surface area contributed by atoms with E-state index in [0.29, 0.717) is 5.17 Å². The molecule has 124 valence electrons. The number of amides is 1. The fraction of sp³-hybridized carbons (Fsp3) is 0.300. The number of benzene rings is 2. The van der Waals surface area contributed by atoms with Gasteiger partial charge in [-0.15, -0.1) is 0 Å². The SMILES string of the molecule is CCc1ccc(CC2SC(=Nc3ccc(CC)cc3)NC2=O)cc1. The first kappa shape index (κ1) is 16.8. The van der Waals surface area contributed by atoms with Crippen molar-refractivity contribution in [3.05, 3.63) is 65.2 Å². The van der Waals surface area contributed by atoms with E-state index in [9.17, 15) is 4.79 Å². The van der Waals surface area contributed by atoms with Crippen LogP contribution in [-0.2, 0) is 24.1 Å². The molecule has 2 aromatic rings. The van der Waals surface area contributed by atoms with Gasteiger partial charge >= 0.3 is 0 Å². The number of carbonyl (C=O) groups excluding carboxylic acids is 1. The van der Waals surface area contributed by atoms with Crippen LogP contribution < -0.4 is 5.32 Å². The maximum absolute atomic E-state index is 12.2. The predicted octanol–water partition coefficient (Wildman–Crippen LogP) is 4.27. The van der Waals surface area contributed by atoms with Crippen LogP contribution in [0.5, 0.6) is 0 Å². The van der Waals surface area contributed by atoms with Gasteiger partial charge < -0.3 is 5.32 Å². The molecule has 1 aliphatic heterocycles. The van der Waals surface area contributed by atoms with Crippen molar-refractivity contribution in [3.63, 3.8) is 0 Å². The standard InChI is InChI=1S/C20H22N2OS/c1-3-14-5-7-16(8-6-14)13-18-19(23)22-20(24-18)21-17-11-9-15(4-2)10-12-17/h5-12,18H,3-4,13H2,1-2H3,(H,21,22,23). The molecule has 3 nitrogen and oxygen atoms in total. The molecule has 0 spiro atoms. The molecule has 1 aliphatic rings. The van der Waals surface area contributed by atoms with E-state index >= 15 is 0 Å². The van der Waals surface area contributed by atoms with Gasteiger partial charge in [-0.05, 0) is 48.1 Å². The van der Waals surface area contributed by atoms with Crippen LogP contribution in [0.3, 0.4) is 0 Å². The predicted molar refractivity (Wildman–Crippen MR) is 102 cm³/mol. The van der Waals surface area contributed by atoms with Crippen molar-refractivity contribution in [1.82, 2.24) is 5.32 Å². The average molecular weight is 338 g/mol. The molecule has 1 saturated heterocycles. The highest BCUT2D eigenvalue weighted by atomic mass is 32.2. The summed E-state index contributed by atoms with van der Waals surface area (Å²) in [7, 11) is 0. The molecule has 1 atom stereocenters. The second-order valence-corrected chi connectivity index (χ2v) is 7.10. The third-order valence-corrected chi connectivity index (χ3v) is 5.29. The lowest BCUT2D eigenvalue weighted by Crippen LogP contribution is -2.25. The van der Waals surface area contributed by atoms with Crippen LogP contribution in [-0.4, -0.2) is 16.3 Å². The van der Waals surface area contributed by atoms with Crippen molar-refractivity contribution < 1.29 is 4.79 Å². The molecule has 1 fully saturated rings. The zero-order chi connectivity index (χ0) is 16.9. The third-order valence-electron chi connectivity index (χ3n) is 4.20. The number of carbonyl (C=O) groups is 1. The smallest absolute Gasteiger partial charge is 0.239 e. The summed E-state index contributed by atoms with van der Waals surface area (Å²) in [6, 6.07) is 16.6. The number of hydrogen-bond donors (Lipinski definition) is 1. The Hall–Kier alpha value is -2.07. The van der Waals surface area contributed by atoms with E-state index in [0.717, 1.165) is 24.9 Å². The van der Waals surface area contributed by atoms with Crippen LogP contribution in [0.15, 0.2) is 53.5 Å². The summed E-state index contributed by atoms with van der Waals surface area (Å²) in [5.74, 6) is 0.0449. The van der Waals surface area contributed by atoms with Gasteiger partial charge in [0.15, 0.2) is 5.17 Å². The van der Waals surface area contributed by atoms with Crippen molar-refractivity contribution in [2.75, 3.05) is 0 Å². The Kier molecular flexibility index (Phi) is 5.36. The summed E-state index contributed by atoms with van der Waals surface area (Å²) in [5, 5.41) is 3.49. The molecular weight excluding hydrogens is 316 g/mol. The molecular formula is C20H22N2OS. The minimum Gasteiger partial charge on any atom is -0.304 e. The molecule has 1 amide bonds. The first-order chi connectivity index (χ1) is 11.7. The number of aliphatic imine (C=N–C) groups is 1. The van der Waals surface area contributed by atoms with Gasteiger partial charge in [-0.25, -0.2) is 4.99 Å². The molecule has 4 heteroatoms. The van der Waals surface area contributed by atoms with Gasteiger partial charge in [0.1, 0.15) is 0 Å². The van der Waals surface area contributed by atoms with E-state index in [1.165, 1.54) is 28.5 Å². The molecule has 1 unspecified atom stereocenters. The number of aryl methyl sites for hydroxylation is 2. The van der Waals surface area contributed by atoms with Crippen LogP contribution in [0.25, 0.3) is 0 Å². The molecule has 1 N–H and O–H groups in total. The lowest BCUT2D eigenvalue weighted by atomic mass is 10.1. The first-order valence-electron chi connectivity index (χ1n) is 8.41. The monoisotopic (exact) mass is 338 g/mol. The first-order valence-corrected chi connectivity index (χ1v) is 9.29. The number of thioether (sulfide) groups is 1. The highest BCUT2D eigenvalue weighted by Gasteiger charge is 2.30. The number of nitrogens with one attached hydrogen (secondary N) is 1. The van der Waals surface area contributed by atoms with E-state index in [4.69, 9.17) is 0 Å². The van der Waals surface area contributed by atoms with Gasteiger partial charge in [-0.1, -0.05) is 62.0 Å². The molecule has 0 radical (unpaired) electrons. The van der Waals surface area contributed by atoms with Gasteiger partial charge in [-0.2, -0.15) is 0 Å². The van der Waals surface area contributed by atoms with Crippen molar-refractivity contribution in [1.29, 1.82) is 0 Å². The summed E-state index contributed by atoms with van der Waals surface area (Å²) in [4.78, 5) is 16.7. The minimum absolute atomic E-state index is 0.0449. The quantitative estimate of drug-likeness (QED) is 0.884. The van der Waals surface area contributed by atoms with E-state index in [1.807, 2.05) is 12.1 Å². The van der Waals surface area contributed by atoms with E-state index in [1.54, 1.807) is 0 Å². The molecule has 1 heterocycles. The van der Waals surface area contributed by atoms with E-state index < -0.39 is 0 Å². The Labute approximate surface area is 147 Å². The molecule has 0 saturated carbocycles. The highest BCUT2D eigenvalue weighted by Crippen LogP contribution is 2.26. The molecule has 3 rings (SSSR count). The number of hydrogen-bond acceptors (Lipinski definition) is 3. The van der Waals surface area contributed by atoms with E-state index in [-0.39, 0.29) is 11.2 Å². The maximum atomic E-state index is 12.2. The summed E-state index contributed by atoms with van der Waals surface area (Å²) >= 11 is 1.52. The number of rotatable bonds is 5. The fourth-order valence-electron chi connectivity index (χ4n) is 2.64. The second kappa shape index (κ2) is 7.67. The van der Waals surface area contributed by atoms with Gasteiger partial charge in [0.2, 0.25) is 5.91 Å². The minimum atomic E-state index is -0.105. The van der Waals surface area contributed by atoms with Crippen LogP contribution in [0, 0.1) is 0 Å². The third kappa shape index (κ3) is 4.06. The van der Waals surface area contributed by atoms with Gasteiger partial charge in [0, 0.05) is 0 Å². The molecule has 2 aromatic carbocycles. The topological polar surface area (TPSA) is 41.5 Å². The Morgan fingerprint density at radius 1 is 0.917 bits per heavy atom. The van der Waals surface area contributed by atoms with Gasteiger partial charge in [0.05, 0.1) is 10.9 Å². The maximum Gasteiger partial charge on any atom is 0.239 e. The highest BCUT2D eigenvalue weighted by molar-refractivity contribution is 8.15. The largest absolute Gasteiger partial charge is 0.304 e. The van der Waals surface area contributed by atoms with Crippen molar-refractivity contribution in [2.45, 2.75) is 38.4 Å². The van der Waals surface area contributed by atoms with Crippen molar-refractivity contribution in [3.8, 4) is 0 Å². The second-order valence-electron chi connectivity index (χ2n) is 5.91. The summed E-state index contributed by atoms with van der Waals surface area (Å²) in [6.07, 6.45) is 2.78. The van der Waals surface area contributed by atoms with E-state index in [2.05, 4.69) is 60.6 Å². The summed E-state index contributed by atoms with van der Waals surface area (Å²) in [6.45, 7) is 4.27. The zero-order valence-electron chi connectivity index (χ0n) is 14.1. The van der Waals surface area contributed by atoms with Crippen LogP contribution in [0.2, 0.25) is 0 Å². The molecule has 0 bridgehead atoms. The number of nitrogens with zero attached hydrogens (tertiary/aromatic N) is 1. The fourth-order valence-corrected chi connectivity index (χ4v) is 3.67. The Bertz CT molecular complexity index is 735. The van der Waals surface area contributed by atoms with Crippen molar-refractivity contribution >= 4 is 28.5 Å². The Morgan fingerprint density at radius 2 is 1.46 bits per heavy atom. The molecule has 24 heavy (non-hydrogen) atoms. The molecule has 0 aromatic heterocycles. The van der Waals surface area contributed by atoms with Crippen LogP contribution in [0.4, 0.5) is 5.69 Å². The van der Waals surface area contributed by atoms with Gasteiger partial charge in [0.25, 0.3) is 0 Å². The Morgan fingerprint density at radius 3 is 2.04 bits per heavy atom. The Balaban J connectivity index is 1.66. The number of amidine groups is 1. The summed E-state index contributed by atoms with van der Waals surface area (Å²) < 4.78 is 0. The van der Waals surface area contributed by atoms with Gasteiger partial charge in [-0.3, -0.25) is 4.79 Å². The lowest BCUT2D eigenvalue weighted by Gasteiger charge is -2.06. The van der Waals surface area contributed by atoms with Crippen molar-refractivity contribution in [2.24, 2.45) is 4.99 Å². The normalized spacial score (nSPS) is 18.8. The molecule has 0 aliphatic carbocycles. The zero-order valence-corrected chi connectivity index (χ0v) is 14.9. The summed E-state index contributed by atoms with van der Waals surface area (Å²) in [5.41, 5.74) is 4.67. The lowest BCUT2D eigenvalue weighted by molar-refractivity contribution is -0.118. The average Bonchev–Trinajstić information content (AvgIpc) is 2.95.